The van der Waals surface area contributed by atoms with Gasteiger partial charge in [-0.3, -0.25) is 9.59 Å². The highest BCUT2D eigenvalue weighted by atomic mass is 19.2. The average Bonchev–Trinajstić information content (AvgIpc) is 3.01. The molecule has 0 aliphatic heterocycles. The van der Waals surface area contributed by atoms with Crippen LogP contribution in [-0.2, 0) is 0 Å². The lowest BCUT2D eigenvalue weighted by atomic mass is 9.64. The standard InChI is InChI=1S/C38H40F4N2O2/c1-19(2)43(20(3)4)37(45)25-15-11-9-13-23(25)27-17-30-28(18-29(27)31-32(30)34(40)36(42)35(41)33(31)39)24-14-10-12-16-26(24)38(46)44(21(5)6)22(7)8/h9-22,29-30H,1-8H3/t29-,30-/m1/s1. The number of carbonyl (C=O) groups excluding carboxylic acids is 2. The van der Waals surface area contributed by atoms with Crippen LogP contribution in [0.4, 0.5) is 17.6 Å². The van der Waals surface area contributed by atoms with E-state index >= 15 is 8.78 Å². The molecule has 0 saturated heterocycles. The fourth-order valence-electron chi connectivity index (χ4n) is 7.26. The fourth-order valence-corrected chi connectivity index (χ4v) is 7.26. The molecule has 2 bridgehead atoms. The van der Waals surface area contributed by atoms with Crippen LogP contribution in [0.25, 0.3) is 11.1 Å². The maximum Gasteiger partial charge on any atom is 0.254 e. The van der Waals surface area contributed by atoms with E-state index in [1.807, 2.05) is 55.4 Å². The highest BCUT2D eigenvalue weighted by Gasteiger charge is 2.44. The van der Waals surface area contributed by atoms with E-state index in [0.717, 1.165) is 0 Å². The van der Waals surface area contributed by atoms with Crippen LogP contribution in [-0.4, -0.2) is 45.8 Å². The molecular formula is C38H40F4N2O2. The topological polar surface area (TPSA) is 40.6 Å². The first kappa shape index (κ1) is 33.2. The Labute approximate surface area is 268 Å². The van der Waals surface area contributed by atoms with Crippen LogP contribution in [0.5, 0.6) is 0 Å². The van der Waals surface area contributed by atoms with Crippen molar-refractivity contribution >= 4 is 23.0 Å². The Bertz CT molecular complexity index is 1630. The van der Waals surface area contributed by atoms with Gasteiger partial charge in [-0.25, -0.2) is 17.6 Å². The van der Waals surface area contributed by atoms with Gasteiger partial charge in [-0.2, -0.15) is 0 Å². The van der Waals surface area contributed by atoms with Gasteiger partial charge < -0.3 is 9.80 Å². The number of rotatable bonds is 8. The summed E-state index contributed by atoms with van der Waals surface area (Å²) in [7, 11) is 0. The second kappa shape index (κ2) is 12.5. The van der Waals surface area contributed by atoms with Gasteiger partial charge in [0, 0.05) is 58.3 Å². The first-order valence-electron chi connectivity index (χ1n) is 15.8. The third kappa shape index (κ3) is 5.35. The van der Waals surface area contributed by atoms with Gasteiger partial charge in [-0.1, -0.05) is 48.6 Å². The van der Waals surface area contributed by atoms with Crippen molar-refractivity contribution in [1.29, 1.82) is 0 Å². The van der Waals surface area contributed by atoms with Crippen LogP contribution in [0.15, 0.2) is 60.7 Å². The molecule has 242 valence electrons. The van der Waals surface area contributed by atoms with Gasteiger partial charge in [0.15, 0.2) is 23.3 Å². The van der Waals surface area contributed by atoms with Gasteiger partial charge in [0.2, 0.25) is 0 Å². The van der Waals surface area contributed by atoms with Crippen molar-refractivity contribution in [3.63, 3.8) is 0 Å². The molecule has 2 amide bonds. The first-order chi connectivity index (χ1) is 21.7. The molecule has 2 atom stereocenters. The third-order valence-corrected chi connectivity index (χ3v) is 8.96. The molecule has 3 aromatic rings. The molecule has 0 radical (unpaired) electrons. The van der Waals surface area contributed by atoms with Gasteiger partial charge in [0.05, 0.1) is 0 Å². The SMILES string of the molecule is CC(C)N(C(=O)c1ccccc1C1=C[C@@H]2C(c3ccccc3C(=O)N(C(C)C)C(C)C)=C[C@H]1c1c(F)c(F)c(F)c(F)c12)C(C)C. The largest absolute Gasteiger partial charge is 0.334 e. The maximum absolute atomic E-state index is 15.7. The zero-order valence-electron chi connectivity index (χ0n) is 27.5. The summed E-state index contributed by atoms with van der Waals surface area (Å²) >= 11 is 0. The summed E-state index contributed by atoms with van der Waals surface area (Å²) in [5.74, 6) is -9.28. The summed E-state index contributed by atoms with van der Waals surface area (Å²) in [4.78, 5) is 31.4. The highest BCUT2D eigenvalue weighted by molar-refractivity contribution is 6.04. The Morgan fingerprint density at radius 2 is 0.826 bits per heavy atom. The Balaban J connectivity index is 1.74. The second-order valence-electron chi connectivity index (χ2n) is 13.2. The zero-order chi connectivity index (χ0) is 33.8. The Morgan fingerprint density at radius 3 is 1.13 bits per heavy atom. The molecule has 0 unspecified atom stereocenters. The van der Waals surface area contributed by atoms with Crippen molar-refractivity contribution in [1.82, 2.24) is 9.80 Å². The molecule has 0 saturated carbocycles. The highest BCUT2D eigenvalue weighted by Crippen LogP contribution is 2.56. The van der Waals surface area contributed by atoms with Gasteiger partial charge >= 0.3 is 0 Å². The molecule has 3 aliphatic carbocycles. The van der Waals surface area contributed by atoms with E-state index in [4.69, 9.17) is 0 Å². The molecule has 4 nitrogen and oxygen atoms in total. The van der Waals surface area contributed by atoms with Gasteiger partial charge in [0.25, 0.3) is 11.8 Å². The minimum atomic E-state index is -1.88. The lowest BCUT2D eigenvalue weighted by Crippen LogP contribution is -2.42. The molecule has 0 heterocycles. The first-order valence-corrected chi connectivity index (χ1v) is 15.8. The minimum Gasteiger partial charge on any atom is -0.334 e. The zero-order valence-corrected chi connectivity index (χ0v) is 27.5. The third-order valence-electron chi connectivity index (χ3n) is 8.96. The summed E-state index contributed by atoms with van der Waals surface area (Å²) in [6.45, 7) is 15.3. The lowest BCUT2D eigenvalue weighted by Gasteiger charge is -2.40. The number of hydrogen-bond acceptors (Lipinski definition) is 2. The number of benzene rings is 3. The summed E-state index contributed by atoms with van der Waals surface area (Å²) in [6.07, 6.45) is 3.40. The number of carbonyl (C=O) groups is 2. The van der Waals surface area contributed by atoms with E-state index < -0.39 is 35.1 Å². The molecule has 0 fully saturated rings. The molecule has 3 aromatic carbocycles. The van der Waals surface area contributed by atoms with Crippen LogP contribution in [0.1, 0.15) is 110 Å². The van der Waals surface area contributed by atoms with Crippen LogP contribution < -0.4 is 0 Å². The van der Waals surface area contributed by atoms with Crippen LogP contribution in [0.2, 0.25) is 0 Å². The molecule has 8 heteroatoms. The van der Waals surface area contributed by atoms with Crippen LogP contribution in [0.3, 0.4) is 0 Å². The Kier molecular flexibility index (Phi) is 9.04. The second-order valence-corrected chi connectivity index (χ2v) is 13.2. The van der Waals surface area contributed by atoms with Gasteiger partial charge in [0.1, 0.15) is 0 Å². The fraction of sp³-hybridized carbons (Fsp3) is 0.368. The van der Waals surface area contributed by atoms with Crippen molar-refractivity contribution in [3.05, 3.63) is 117 Å². The number of hydrogen-bond donors (Lipinski definition) is 0. The monoisotopic (exact) mass is 632 g/mol. The summed E-state index contributed by atoms with van der Waals surface area (Å²) in [5.41, 5.74) is 2.08. The van der Waals surface area contributed by atoms with Crippen LogP contribution >= 0.6 is 0 Å². The Morgan fingerprint density at radius 1 is 0.522 bits per heavy atom. The van der Waals surface area contributed by atoms with Crippen molar-refractivity contribution in [2.24, 2.45) is 0 Å². The van der Waals surface area contributed by atoms with Crippen molar-refractivity contribution in [2.45, 2.75) is 91.4 Å². The summed E-state index contributed by atoms with van der Waals surface area (Å²) in [5, 5.41) is 0. The lowest BCUT2D eigenvalue weighted by molar-refractivity contribution is 0.0634. The molecule has 6 rings (SSSR count). The van der Waals surface area contributed by atoms with Crippen molar-refractivity contribution < 1.29 is 27.2 Å². The molecule has 0 aromatic heterocycles. The summed E-state index contributed by atoms with van der Waals surface area (Å²) < 4.78 is 61.1. The molecule has 0 N–H and O–H groups in total. The van der Waals surface area contributed by atoms with E-state index in [0.29, 0.717) is 33.4 Å². The number of allylic oxidation sites excluding steroid dienone is 4. The number of halogens is 4. The van der Waals surface area contributed by atoms with Crippen molar-refractivity contribution in [3.8, 4) is 0 Å². The molecule has 0 spiro atoms. The van der Waals surface area contributed by atoms with Gasteiger partial charge in [-0.05, 0) is 89.8 Å². The predicted molar refractivity (Wildman–Crippen MR) is 173 cm³/mol. The maximum atomic E-state index is 15.7. The molecule has 3 aliphatic rings. The summed E-state index contributed by atoms with van der Waals surface area (Å²) in [6, 6.07) is 13.4. The Hall–Kier alpha value is -4.20. The van der Waals surface area contributed by atoms with Gasteiger partial charge in [-0.15, -0.1) is 0 Å². The van der Waals surface area contributed by atoms with E-state index in [1.165, 1.54) is 0 Å². The van der Waals surface area contributed by atoms with E-state index in [9.17, 15) is 18.4 Å². The minimum absolute atomic E-state index is 0.113. The van der Waals surface area contributed by atoms with E-state index in [1.54, 1.807) is 70.5 Å². The van der Waals surface area contributed by atoms with E-state index in [-0.39, 0.29) is 47.1 Å². The number of amides is 2. The number of nitrogens with zero attached hydrogens (tertiary/aromatic N) is 2. The molecule has 46 heavy (non-hydrogen) atoms. The smallest absolute Gasteiger partial charge is 0.254 e. The quantitative estimate of drug-likeness (QED) is 0.141. The average molecular weight is 633 g/mol. The molecular weight excluding hydrogens is 592 g/mol. The van der Waals surface area contributed by atoms with Crippen LogP contribution in [0, 0.1) is 23.3 Å². The predicted octanol–water partition coefficient (Wildman–Crippen LogP) is 9.12. The van der Waals surface area contributed by atoms with Crippen molar-refractivity contribution in [2.75, 3.05) is 0 Å². The normalized spacial score (nSPS) is 17.0. The van der Waals surface area contributed by atoms with E-state index in [2.05, 4.69) is 0 Å².